The second-order valence-electron chi connectivity index (χ2n) is 11.3. The lowest BCUT2D eigenvalue weighted by Gasteiger charge is -2.50. The number of H-pyrrole nitrogens is 1. The van der Waals surface area contributed by atoms with Crippen LogP contribution in [0.3, 0.4) is 0 Å². The molecule has 194 valence electrons. The van der Waals surface area contributed by atoms with Crippen LogP contribution in [0.1, 0.15) is 83.2 Å². The molecule has 2 amide bonds. The first-order chi connectivity index (χ1) is 17.5. The van der Waals surface area contributed by atoms with E-state index >= 15 is 0 Å². The van der Waals surface area contributed by atoms with E-state index < -0.39 is 11.1 Å². The van der Waals surface area contributed by atoms with Crippen LogP contribution in [0.5, 0.6) is 0 Å². The van der Waals surface area contributed by atoms with Gasteiger partial charge in [0.15, 0.2) is 0 Å². The topological polar surface area (TPSA) is 90.1 Å². The zero-order valence-electron chi connectivity index (χ0n) is 21.7. The molecule has 1 atom stereocenters. The van der Waals surface area contributed by atoms with Crippen molar-refractivity contribution in [3.8, 4) is 11.4 Å². The van der Waals surface area contributed by atoms with E-state index in [1.807, 2.05) is 36.5 Å². The highest BCUT2D eigenvalue weighted by Gasteiger charge is 2.54. The maximum absolute atomic E-state index is 13.7. The van der Waals surface area contributed by atoms with Crippen molar-refractivity contribution in [2.24, 2.45) is 5.92 Å². The van der Waals surface area contributed by atoms with E-state index in [2.05, 4.69) is 32.4 Å². The van der Waals surface area contributed by atoms with Crippen LogP contribution in [0.25, 0.3) is 11.4 Å². The Bertz CT molecular complexity index is 1040. The summed E-state index contributed by atoms with van der Waals surface area (Å²) in [7, 11) is 0. The number of likely N-dealkylation sites (tertiary alicyclic amines) is 1. The second-order valence-corrected chi connectivity index (χ2v) is 11.3. The molecule has 3 aliphatic rings. The van der Waals surface area contributed by atoms with Crippen LogP contribution < -0.4 is 10.6 Å². The summed E-state index contributed by atoms with van der Waals surface area (Å²) in [6, 6.07) is 10.1. The average Bonchev–Trinajstić information content (AvgIpc) is 3.37. The van der Waals surface area contributed by atoms with Crippen molar-refractivity contribution in [1.82, 2.24) is 25.5 Å². The van der Waals surface area contributed by atoms with Crippen LogP contribution in [0.15, 0.2) is 36.5 Å². The summed E-state index contributed by atoms with van der Waals surface area (Å²) in [5.74, 6) is 1.49. The van der Waals surface area contributed by atoms with Crippen molar-refractivity contribution in [1.29, 1.82) is 0 Å². The number of hydrogen-bond donors (Lipinski definition) is 3. The number of amides is 2. The number of nitrogens with one attached hydrogen (secondary N) is 3. The third kappa shape index (κ3) is 5.22. The van der Waals surface area contributed by atoms with Crippen LogP contribution in [0.2, 0.25) is 0 Å². The highest BCUT2D eigenvalue weighted by atomic mass is 16.2. The lowest BCUT2D eigenvalue weighted by molar-refractivity contribution is -0.150. The largest absolute Gasteiger partial charge is 0.341 e. The lowest BCUT2D eigenvalue weighted by Crippen LogP contribution is -2.76. The Morgan fingerprint density at radius 2 is 1.75 bits per heavy atom. The number of hydrogen-bond acceptors (Lipinski definition) is 4. The number of carbonyl (C=O) groups is 2. The summed E-state index contributed by atoms with van der Waals surface area (Å²) >= 11 is 0. The zero-order chi connectivity index (χ0) is 25.0. The molecule has 1 aromatic heterocycles. The van der Waals surface area contributed by atoms with Gasteiger partial charge in [0.05, 0.1) is 0 Å². The average molecular weight is 492 g/mol. The second kappa shape index (κ2) is 10.8. The number of aromatic nitrogens is 2. The van der Waals surface area contributed by atoms with Crippen molar-refractivity contribution in [3.05, 3.63) is 42.2 Å². The molecule has 1 spiro atoms. The maximum Gasteiger partial charge on any atom is 0.246 e. The van der Waals surface area contributed by atoms with Crippen LogP contribution >= 0.6 is 0 Å². The van der Waals surface area contributed by atoms with E-state index in [1.165, 1.54) is 32.1 Å². The number of unbranched alkanes of at least 4 members (excludes halogenated alkanes) is 1. The van der Waals surface area contributed by atoms with Crippen LogP contribution in [-0.4, -0.2) is 50.8 Å². The van der Waals surface area contributed by atoms with Gasteiger partial charge in [-0.1, -0.05) is 82.2 Å². The number of imidazole rings is 1. The predicted molar refractivity (Wildman–Crippen MR) is 141 cm³/mol. The maximum atomic E-state index is 13.7. The molecule has 0 radical (unpaired) electrons. The summed E-state index contributed by atoms with van der Waals surface area (Å²) < 4.78 is 0. The van der Waals surface area contributed by atoms with E-state index in [0.717, 1.165) is 62.4 Å². The number of carbonyl (C=O) groups excluding carboxylic acids is 2. The van der Waals surface area contributed by atoms with Crippen LogP contribution in [0.4, 0.5) is 0 Å². The highest BCUT2D eigenvalue weighted by Crippen LogP contribution is 2.37. The summed E-state index contributed by atoms with van der Waals surface area (Å²) in [4.78, 5) is 37.6. The highest BCUT2D eigenvalue weighted by molar-refractivity contribution is 6.02. The Morgan fingerprint density at radius 3 is 2.47 bits per heavy atom. The summed E-state index contributed by atoms with van der Waals surface area (Å²) in [5.41, 5.74) is 0.621. The van der Waals surface area contributed by atoms with Gasteiger partial charge < -0.3 is 15.6 Å². The van der Waals surface area contributed by atoms with Gasteiger partial charge in [0.2, 0.25) is 11.8 Å². The lowest BCUT2D eigenvalue weighted by atomic mass is 9.73. The fourth-order valence-electron chi connectivity index (χ4n) is 6.44. The Hall–Kier alpha value is -2.67. The first kappa shape index (κ1) is 25.0. The molecule has 1 saturated carbocycles. The number of nitrogens with zero attached hydrogens (tertiary/aromatic N) is 2. The Morgan fingerprint density at radius 1 is 1.00 bits per heavy atom. The minimum atomic E-state index is -0.779. The van der Waals surface area contributed by atoms with E-state index in [1.54, 1.807) is 0 Å². The molecular formula is C29H41N5O2. The summed E-state index contributed by atoms with van der Waals surface area (Å²) in [5, 5.41) is 6.61. The predicted octanol–water partition coefficient (Wildman–Crippen LogP) is 4.56. The molecule has 36 heavy (non-hydrogen) atoms. The fourth-order valence-corrected chi connectivity index (χ4v) is 6.44. The van der Waals surface area contributed by atoms with Gasteiger partial charge in [-0.15, -0.1) is 0 Å². The third-order valence-corrected chi connectivity index (χ3v) is 8.67. The van der Waals surface area contributed by atoms with Gasteiger partial charge in [-0.25, -0.2) is 4.98 Å². The molecule has 5 rings (SSSR count). The van der Waals surface area contributed by atoms with E-state index in [-0.39, 0.29) is 11.8 Å². The van der Waals surface area contributed by atoms with Gasteiger partial charge in [-0.05, 0) is 31.6 Å². The van der Waals surface area contributed by atoms with Gasteiger partial charge in [0, 0.05) is 37.1 Å². The molecular weight excluding hydrogens is 450 g/mol. The van der Waals surface area contributed by atoms with Gasteiger partial charge in [0.1, 0.15) is 16.9 Å². The quantitative estimate of drug-likeness (QED) is 0.505. The Balaban J connectivity index is 1.21. The summed E-state index contributed by atoms with van der Waals surface area (Å²) in [6.45, 7) is 4.43. The molecule has 3 heterocycles. The van der Waals surface area contributed by atoms with Gasteiger partial charge in [-0.3, -0.25) is 14.5 Å². The monoisotopic (exact) mass is 491 g/mol. The van der Waals surface area contributed by atoms with Gasteiger partial charge in [-0.2, -0.15) is 0 Å². The minimum absolute atomic E-state index is 0.0292. The molecule has 2 saturated heterocycles. The van der Waals surface area contributed by atoms with Crippen molar-refractivity contribution in [2.75, 3.05) is 13.1 Å². The third-order valence-electron chi connectivity index (χ3n) is 8.67. The minimum Gasteiger partial charge on any atom is -0.341 e. The number of piperazine rings is 1. The number of aromatic amines is 1. The molecule has 1 aliphatic carbocycles. The van der Waals surface area contributed by atoms with Crippen molar-refractivity contribution < 1.29 is 9.59 Å². The van der Waals surface area contributed by atoms with Gasteiger partial charge in [0.25, 0.3) is 0 Å². The van der Waals surface area contributed by atoms with E-state index in [9.17, 15) is 9.59 Å². The molecule has 7 heteroatoms. The zero-order valence-corrected chi connectivity index (χ0v) is 21.7. The molecule has 3 N–H and O–H groups in total. The Kier molecular flexibility index (Phi) is 7.47. The van der Waals surface area contributed by atoms with Gasteiger partial charge >= 0.3 is 0 Å². The molecule has 2 aliphatic heterocycles. The molecule has 7 nitrogen and oxygen atoms in total. The van der Waals surface area contributed by atoms with Crippen molar-refractivity contribution >= 4 is 11.8 Å². The molecule has 1 unspecified atom stereocenters. The standard InChI is InChI=1S/C29H41N5O2/c1-2-3-14-29(19-22-10-6-4-7-11-22)27(36)32-28(26(35)33-29)15-17-34(18-16-28)21-24-20-30-25(31-24)23-12-8-5-9-13-23/h5,8-9,12-13,20,22H,2-4,6-7,10-11,14-19,21H2,1H3,(H,30,31)(H,32,36)(H,33,35). The summed E-state index contributed by atoms with van der Waals surface area (Å²) in [6.07, 6.45) is 12.8. The molecule has 3 fully saturated rings. The van der Waals surface area contributed by atoms with E-state index in [4.69, 9.17) is 0 Å². The van der Waals surface area contributed by atoms with Crippen molar-refractivity contribution in [3.63, 3.8) is 0 Å². The van der Waals surface area contributed by atoms with Crippen LogP contribution in [-0.2, 0) is 16.1 Å². The SMILES string of the molecule is CCCCC1(CC2CCCCC2)NC(=O)C2(CCN(Cc3cnc(-c4ccccc4)[nH]3)CC2)NC1=O. The van der Waals surface area contributed by atoms with Crippen molar-refractivity contribution in [2.45, 2.75) is 95.2 Å². The fraction of sp³-hybridized carbons (Fsp3) is 0.621. The normalized spacial score (nSPS) is 25.0. The molecule has 2 aromatic rings. The van der Waals surface area contributed by atoms with Crippen LogP contribution in [0, 0.1) is 5.92 Å². The smallest absolute Gasteiger partial charge is 0.246 e. The molecule has 0 bridgehead atoms. The molecule has 1 aromatic carbocycles. The van der Waals surface area contributed by atoms with E-state index in [0.29, 0.717) is 18.8 Å². The first-order valence-electron chi connectivity index (χ1n) is 14.0. The Labute approximate surface area is 214 Å². The number of benzene rings is 1. The first-order valence-corrected chi connectivity index (χ1v) is 14.0. The number of rotatable bonds is 8. The number of piperidine rings is 1.